The summed E-state index contributed by atoms with van der Waals surface area (Å²) in [6.45, 7) is 6.70. The summed E-state index contributed by atoms with van der Waals surface area (Å²) in [5, 5.41) is 18.7. The van der Waals surface area contributed by atoms with Gasteiger partial charge in [-0.05, 0) is 68.1 Å². The van der Waals surface area contributed by atoms with E-state index in [1.807, 2.05) is 6.92 Å². The van der Waals surface area contributed by atoms with E-state index >= 15 is 0 Å². The van der Waals surface area contributed by atoms with Gasteiger partial charge in [-0.3, -0.25) is 4.79 Å². The van der Waals surface area contributed by atoms with Crippen molar-refractivity contribution >= 4 is 5.97 Å². The van der Waals surface area contributed by atoms with E-state index in [-0.39, 0.29) is 12.5 Å². The lowest BCUT2D eigenvalue weighted by atomic mass is 9.42. The Balaban J connectivity index is 1.86. The van der Waals surface area contributed by atoms with Crippen LogP contribution in [0.5, 0.6) is 0 Å². The number of rotatable bonds is 7. The van der Waals surface area contributed by atoms with Crippen LogP contribution >= 0.6 is 0 Å². The van der Waals surface area contributed by atoms with E-state index in [9.17, 15) is 9.90 Å². The number of carboxylic acid groups (broad SMARTS) is 1. The fourth-order valence-corrected chi connectivity index (χ4v) is 4.62. The minimum Gasteiger partial charge on any atom is -0.481 e. The molecule has 0 spiro atoms. The van der Waals surface area contributed by atoms with Crippen LogP contribution < -0.4 is 0 Å². The Hall–Kier alpha value is -0.830. The summed E-state index contributed by atoms with van der Waals surface area (Å²) in [6, 6.07) is 0. The molecule has 3 aliphatic rings. The van der Waals surface area contributed by atoms with Crippen molar-refractivity contribution < 1.29 is 15.0 Å². The molecule has 3 nitrogen and oxygen atoms in total. The van der Waals surface area contributed by atoms with Crippen LogP contribution in [0.25, 0.3) is 0 Å². The van der Waals surface area contributed by atoms with Gasteiger partial charge in [0.1, 0.15) is 0 Å². The van der Waals surface area contributed by atoms with Crippen LogP contribution in [0, 0.1) is 29.1 Å². The number of fused-ring (bicyclic) bond motifs is 2. The highest BCUT2D eigenvalue weighted by Crippen LogP contribution is 2.64. The number of hydrogen-bond donors (Lipinski definition) is 2. The molecule has 5 atom stereocenters. The molecule has 0 aromatic rings. The topological polar surface area (TPSA) is 57.5 Å². The predicted molar refractivity (Wildman–Crippen MR) is 83.9 cm³/mol. The van der Waals surface area contributed by atoms with E-state index in [1.54, 1.807) is 0 Å². The lowest BCUT2D eigenvalue weighted by molar-refractivity contribution is -0.154. The summed E-state index contributed by atoms with van der Waals surface area (Å²) in [6.07, 6.45) is 9.47. The summed E-state index contributed by atoms with van der Waals surface area (Å²) >= 11 is 0. The molecule has 3 saturated carbocycles. The molecule has 120 valence electrons. The standard InChI is InChI=1S/C18H30O3/c1-12(19)15-10-13-11-16(18(13,2)3)14(15)8-6-4-5-7-9-17(20)21/h4,6,12-16,19H,5,7-11H2,1-3H3,(H,20,21)/t12?,13?,14-,15-,16?/m0/s1. The van der Waals surface area contributed by atoms with Gasteiger partial charge >= 0.3 is 5.97 Å². The molecule has 0 amide bonds. The summed E-state index contributed by atoms with van der Waals surface area (Å²) < 4.78 is 0. The van der Waals surface area contributed by atoms with Crippen molar-refractivity contribution in [3.63, 3.8) is 0 Å². The monoisotopic (exact) mass is 294 g/mol. The third-order valence-electron chi connectivity index (χ3n) is 6.13. The molecule has 0 saturated heterocycles. The minimum atomic E-state index is -0.716. The van der Waals surface area contributed by atoms with Crippen molar-refractivity contribution in [2.24, 2.45) is 29.1 Å². The normalized spacial score (nSPS) is 35.4. The van der Waals surface area contributed by atoms with Gasteiger partial charge in [0.25, 0.3) is 0 Å². The van der Waals surface area contributed by atoms with E-state index in [0.717, 1.165) is 24.7 Å². The lowest BCUT2D eigenvalue weighted by Crippen LogP contribution is -2.57. The Morgan fingerprint density at radius 1 is 1.33 bits per heavy atom. The third kappa shape index (κ3) is 3.50. The van der Waals surface area contributed by atoms with Crippen LogP contribution in [0.3, 0.4) is 0 Å². The van der Waals surface area contributed by atoms with Gasteiger partial charge in [0.15, 0.2) is 0 Å². The molecule has 2 bridgehead atoms. The molecule has 0 aromatic carbocycles. The fraction of sp³-hybridized carbons (Fsp3) is 0.833. The third-order valence-corrected chi connectivity index (χ3v) is 6.13. The molecule has 2 N–H and O–H groups in total. The number of aliphatic hydroxyl groups excluding tert-OH is 1. The van der Waals surface area contributed by atoms with Gasteiger partial charge in [-0.25, -0.2) is 0 Å². The number of carbonyl (C=O) groups is 1. The zero-order chi connectivity index (χ0) is 15.6. The zero-order valence-electron chi connectivity index (χ0n) is 13.6. The van der Waals surface area contributed by atoms with Crippen molar-refractivity contribution in [1.82, 2.24) is 0 Å². The Morgan fingerprint density at radius 2 is 2.05 bits per heavy atom. The molecule has 3 rings (SSSR count). The highest BCUT2D eigenvalue weighted by molar-refractivity contribution is 5.66. The summed E-state index contributed by atoms with van der Waals surface area (Å²) in [5.74, 6) is 1.83. The number of aliphatic hydroxyl groups is 1. The molecule has 3 fully saturated rings. The Labute approximate surface area is 128 Å². The van der Waals surface area contributed by atoms with Gasteiger partial charge in [0.05, 0.1) is 6.10 Å². The van der Waals surface area contributed by atoms with Gasteiger partial charge in [-0.1, -0.05) is 26.0 Å². The predicted octanol–water partition coefficient (Wildman–Crippen LogP) is 3.87. The Bertz CT molecular complexity index is 395. The van der Waals surface area contributed by atoms with Crippen LogP contribution in [0.1, 0.15) is 59.3 Å². The van der Waals surface area contributed by atoms with E-state index in [2.05, 4.69) is 26.0 Å². The maximum Gasteiger partial charge on any atom is 0.303 e. The average molecular weight is 294 g/mol. The first kappa shape index (κ1) is 16.5. The van der Waals surface area contributed by atoms with Crippen molar-refractivity contribution in [2.75, 3.05) is 0 Å². The highest BCUT2D eigenvalue weighted by Gasteiger charge is 2.57. The largest absolute Gasteiger partial charge is 0.481 e. The molecule has 0 heterocycles. The Kier molecular flexibility index (Phi) is 5.13. The number of aliphatic carboxylic acids is 1. The van der Waals surface area contributed by atoms with Crippen LogP contribution in [0.2, 0.25) is 0 Å². The van der Waals surface area contributed by atoms with Gasteiger partial charge in [-0.15, -0.1) is 0 Å². The number of unbranched alkanes of at least 4 members (excludes halogenated alkanes) is 1. The molecular weight excluding hydrogens is 264 g/mol. The molecule has 0 radical (unpaired) electrons. The Morgan fingerprint density at radius 3 is 2.62 bits per heavy atom. The molecule has 21 heavy (non-hydrogen) atoms. The summed E-state index contributed by atoms with van der Waals surface area (Å²) in [5.41, 5.74) is 0.438. The van der Waals surface area contributed by atoms with Crippen molar-refractivity contribution in [3.05, 3.63) is 12.2 Å². The second kappa shape index (κ2) is 6.51. The van der Waals surface area contributed by atoms with Crippen LogP contribution in [0.4, 0.5) is 0 Å². The smallest absolute Gasteiger partial charge is 0.303 e. The molecule has 3 aliphatic carbocycles. The first-order chi connectivity index (χ1) is 9.84. The molecule has 3 heteroatoms. The SMILES string of the molecule is CC(O)[C@@H]1CC2CC([C@H]1CC=CCCCC(=O)O)C2(C)C. The average Bonchev–Trinajstić information content (AvgIpc) is 2.41. The second-order valence-electron chi connectivity index (χ2n) is 7.66. The van der Waals surface area contributed by atoms with Crippen LogP contribution in [0.15, 0.2) is 12.2 Å². The van der Waals surface area contributed by atoms with Crippen LogP contribution in [-0.4, -0.2) is 22.3 Å². The quantitative estimate of drug-likeness (QED) is 0.553. The first-order valence-corrected chi connectivity index (χ1v) is 8.39. The molecule has 3 unspecified atom stereocenters. The second-order valence-corrected chi connectivity index (χ2v) is 7.66. The van der Waals surface area contributed by atoms with E-state index in [0.29, 0.717) is 23.7 Å². The van der Waals surface area contributed by atoms with E-state index in [4.69, 9.17) is 5.11 Å². The molecular formula is C18H30O3. The maximum atomic E-state index is 10.5. The number of hydrogen-bond acceptors (Lipinski definition) is 2. The van der Waals surface area contributed by atoms with Crippen molar-refractivity contribution in [2.45, 2.75) is 65.4 Å². The van der Waals surface area contributed by atoms with Crippen molar-refractivity contribution in [1.29, 1.82) is 0 Å². The molecule has 0 aliphatic heterocycles. The fourth-order valence-electron chi connectivity index (χ4n) is 4.62. The van der Waals surface area contributed by atoms with Gasteiger partial charge < -0.3 is 10.2 Å². The van der Waals surface area contributed by atoms with Gasteiger partial charge in [0.2, 0.25) is 0 Å². The van der Waals surface area contributed by atoms with Crippen molar-refractivity contribution in [3.8, 4) is 0 Å². The van der Waals surface area contributed by atoms with E-state index in [1.165, 1.54) is 12.8 Å². The maximum absolute atomic E-state index is 10.5. The van der Waals surface area contributed by atoms with Gasteiger partial charge in [-0.2, -0.15) is 0 Å². The highest BCUT2D eigenvalue weighted by atomic mass is 16.4. The molecule has 0 aromatic heterocycles. The number of carboxylic acids is 1. The van der Waals surface area contributed by atoms with Gasteiger partial charge in [0, 0.05) is 6.42 Å². The summed E-state index contributed by atoms with van der Waals surface area (Å²) in [7, 11) is 0. The lowest BCUT2D eigenvalue weighted by Gasteiger charge is -2.63. The number of allylic oxidation sites excluding steroid dienone is 2. The zero-order valence-corrected chi connectivity index (χ0v) is 13.6. The van der Waals surface area contributed by atoms with E-state index < -0.39 is 5.97 Å². The van der Waals surface area contributed by atoms with Crippen LogP contribution in [-0.2, 0) is 4.79 Å². The summed E-state index contributed by atoms with van der Waals surface area (Å²) in [4.78, 5) is 10.5. The first-order valence-electron chi connectivity index (χ1n) is 8.39. The minimum absolute atomic E-state index is 0.211.